The Morgan fingerprint density at radius 3 is 1.67 bits per heavy atom. The quantitative estimate of drug-likeness (QED) is 0.300. The molecule has 0 nitrogen and oxygen atoms in total. The lowest BCUT2D eigenvalue weighted by Crippen LogP contribution is -1.82. The van der Waals surface area contributed by atoms with E-state index in [1.54, 1.807) is 0 Å². The second kappa shape index (κ2) is 19.2. The highest BCUT2D eigenvalue weighted by atomic mass is 14.0. The van der Waals surface area contributed by atoms with E-state index in [0.29, 0.717) is 0 Å². The molecule has 1 aromatic rings. The third-order valence-electron chi connectivity index (χ3n) is 4.43. The molecule has 0 heteroatoms. The van der Waals surface area contributed by atoms with Gasteiger partial charge in [-0.25, -0.2) is 0 Å². The molecular weight excluding hydrogens is 324 g/mol. The zero-order valence-electron chi connectivity index (χ0n) is 19.6. The fourth-order valence-electron chi connectivity index (χ4n) is 2.31. The van der Waals surface area contributed by atoms with Crippen molar-refractivity contribution in [1.82, 2.24) is 0 Å². The first kappa shape index (κ1) is 27.7. The molecule has 0 saturated heterocycles. The Labute approximate surface area is 171 Å². The van der Waals surface area contributed by atoms with Crippen molar-refractivity contribution in [2.75, 3.05) is 0 Å². The van der Waals surface area contributed by atoms with E-state index in [4.69, 9.17) is 0 Å². The van der Waals surface area contributed by atoms with Gasteiger partial charge in [0, 0.05) is 0 Å². The molecule has 0 amide bonds. The Hall–Kier alpha value is -1.56. The van der Waals surface area contributed by atoms with Gasteiger partial charge in [-0.1, -0.05) is 118 Å². The van der Waals surface area contributed by atoms with Crippen LogP contribution in [0.1, 0.15) is 97.6 Å². The first-order valence-corrected chi connectivity index (χ1v) is 10.9. The summed E-state index contributed by atoms with van der Waals surface area (Å²) >= 11 is 0. The van der Waals surface area contributed by atoms with Crippen LogP contribution >= 0.6 is 0 Å². The van der Waals surface area contributed by atoms with Crippen molar-refractivity contribution in [1.29, 1.82) is 0 Å². The number of hydrogen-bond acceptors (Lipinski definition) is 0. The van der Waals surface area contributed by atoms with Crippen LogP contribution in [0.15, 0.2) is 59.7 Å². The Morgan fingerprint density at radius 2 is 1.22 bits per heavy atom. The normalized spacial score (nSPS) is 11.1. The van der Waals surface area contributed by atoms with E-state index < -0.39 is 0 Å². The summed E-state index contributed by atoms with van der Waals surface area (Å²) in [5, 5.41) is 0. The molecule has 0 spiro atoms. The molecule has 0 aromatic heterocycles. The number of hydrogen-bond donors (Lipinski definition) is 0. The minimum atomic E-state index is 1.16. The van der Waals surface area contributed by atoms with Gasteiger partial charge in [0.25, 0.3) is 0 Å². The van der Waals surface area contributed by atoms with Crippen LogP contribution in [-0.4, -0.2) is 0 Å². The van der Waals surface area contributed by atoms with Crippen molar-refractivity contribution < 1.29 is 0 Å². The summed E-state index contributed by atoms with van der Waals surface area (Å²) in [5.74, 6) is 0. The lowest BCUT2D eigenvalue weighted by molar-refractivity contribution is 0.606. The van der Waals surface area contributed by atoms with Crippen LogP contribution in [0.3, 0.4) is 0 Å². The van der Waals surface area contributed by atoms with E-state index in [-0.39, 0.29) is 0 Å². The average Bonchev–Trinajstić information content (AvgIpc) is 2.67. The van der Waals surface area contributed by atoms with Crippen molar-refractivity contribution in [3.8, 4) is 0 Å². The molecule has 154 valence electrons. The molecule has 1 aromatic carbocycles. The van der Waals surface area contributed by atoms with Gasteiger partial charge < -0.3 is 0 Å². The van der Waals surface area contributed by atoms with E-state index in [0.717, 1.165) is 5.57 Å². The van der Waals surface area contributed by atoms with Crippen LogP contribution in [0.2, 0.25) is 0 Å². The van der Waals surface area contributed by atoms with Crippen LogP contribution in [0.5, 0.6) is 0 Å². The molecule has 0 aliphatic rings. The predicted octanol–water partition coefficient (Wildman–Crippen LogP) is 9.54. The molecule has 0 unspecified atom stereocenters. The summed E-state index contributed by atoms with van der Waals surface area (Å²) < 4.78 is 0. The molecule has 0 heterocycles. The van der Waals surface area contributed by atoms with Gasteiger partial charge in [0.15, 0.2) is 0 Å². The van der Waals surface area contributed by atoms with Crippen molar-refractivity contribution in [3.63, 3.8) is 0 Å². The monoisotopic (exact) mass is 370 g/mol. The third-order valence-corrected chi connectivity index (χ3v) is 4.43. The predicted molar refractivity (Wildman–Crippen MR) is 128 cm³/mol. The third kappa shape index (κ3) is 19.0. The summed E-state index contributed by atoms with van der Waals surface area (Å²) in [6.07, 6.45) is 14.0. The van der Waals surface area contributed by atoms with Crippen molar-refractivity contribution >= 4 is 0 Å². The maximum absolute atomic E-state index is 3.94. The fraction of sp³-hybridized carbons (Fsp3) is 0.556. The maximum Gasteiger partial charge on any atom is -0.0320 e. The molecule has 1 rings (SSSR count). The number of aryl methyl sites for hydroxylation is 2. The Bertz CT molecular complexity index is 505. The second-order valence-electron chi connectivity index (χ2n) is 7.32. The van der Waals surface area contributed by atoms with Crippen LogP contribution in [0, 0.1) is 13.8 Å². The minimum absolute atomic E-state index is 1.16. The smallest absolute Gasteiger partial charge is 0.0320 e. The minimum Gasteiger partial charge on any atom is -0.0958 e. The summed E-state index contributed by atoms with van der Waals surface area (Å²) in [6, 6.07) is 8.48. The maximum atomic E-state index is 3.94. The Kier molecular flexibility index (Phi) is 19.7. The van der Waals surface area contributed by atoms with Crippen molar-refractivity contribution in [2.24, 2.45) is 0 Å². The van der Waals surface area contributed by atoms with Gasteiger partial charge >= 0.3 is 0 Å². The number of allylic oxidation sites excluding steroid dienone is 5. The zero-order valence-corrected chi connectivity index (χ0v) is 19.6. The first-order valence-electron chi connectivity index (χ1n) is 10.9. The molecule has 0 aliphatic carbocycles. The summed E-state index contributed by atoms with van der Waals surface area (Å²) in [5.41, 5.74) is 6.59. The lowest BCUT2D eigenvalue weighted by atomic mass is 10.0. The van der Waals surface area contributed by atoms with Gasteiger partial charge in [0.1, 0.15) is 0 Å². The highest BCUT2D eigenvalue weighted by Crippen LogP contribution is 2.13. The van der Waals surface area contributed by atoms with E-state index in [2.05, 4.69) is 84.5 Å². The largest absolute Gasteiger partial charge is 0.0958 e. The number of unbranched alkanes of at least 4 members (excludes halogenated alkanes) is 5. The molecule has 0 bridgehead atoms. The standard InChI is InChI=1S/C17H30.C8H10.C2H6/c1-6-7-8-9-10-11-12-16(4)13-14-17(5)15(2)3;1-7-3-5-8(2)6-4-7;1-2/h13-14H,2,6-12H2,1,3-5H3;3-6H,1-2H3;1-2H3/b16-13+,17-14-;;. The first-order chi connectivity index (χ1) is 12.9. The molecule has 0 atom stereocenters. The van der Waals surface area contributed by atoms with Crippen LogP contribution in [0.4, 0.5) is 0 Å². The Morgan fingerprint density at radius 1 is 0.778 bits per heavy atom. The highest BCUT2D eigenvalue weighted by Gasteiger charge is 1.92. The average molecular weight is 371 g/mol. The van der Waals surface area contributed by atoms with Crippen LogP contribution < -0.4 is 0 Å². The second-order valence-corrected chi connectivity index (χ2v) is 7.32. The van der Waals surface area contributed by atoms with E-state index in [9.17, 15) is 0 Å². The van der Waals surface area contributed by atoms with Crippen LogP contribution in [-0.2, 0) is 0 Å². The van der Waals surface area contributed by atoms with Gasteiger partial charge in [0.2, 0.25) is 0 Å². The SMILES string of the molecule is C=C(C)/C(C)=C\C=C(/C)CCCCCCCC.CC.Cc1ccc(C)cc1. The van der Waals surface area contributed by atoms with Crippen molar-refractivity contribution in [3.05, 3.63) is 70.8 Å². The lowest BCUT2D eigenvalue weighted by Gasteiger charge is -2.02. The van der Waals surface area contributed by atoms with Gasteiger partial charge in [-0.05, 0) is 53.0 Å². The van der Waals surface area contributed by atoms with E-state index in [1.165, 1.54) is 67.2 Å². The van der Waals surface area contributed by atoms with Gasteiger partial charge in [-0.15, -0.1) is 0 Å². The molecule has 0 radical (unpaired) electrons. The van der Waals surface area contributed by atoms with Gasteiger partial charge in [-0.3, -0.25) is 0 Å². The molecule has 27 heavy (non-hydrogen) atoms. The summed E-state index contributed by atoms with van der Waals surface area (Å²) in [6.45, 7) is 20.8. The van der Waals surface area contributed by atoms with E-state index in [1.807, 2.05) is 13.8 Å². The van der Waals surface area contributed by atoms with Crippen LogP contribution in [0.25, 0.3) is 0 Å². The molecule has 0 N–H and O–H groups in total. The molecule has 0 aliphatic heterocycles. The van der Waals surface area contributed by atoms with Crippen molar-refractivity contribution in [2.45, 2.75) is 100 Å². The van der Waals surface area contributed by atoms with Gasteiger partial charge in [-0.2, -0.15) is 0 Å². The summed E-state index contributed by atoms with van der Waals surface area (Å²) in [4.78, 5) is 0. The fourth-order valence-corrected chi connectivity index (χ4v) is 2.31. The summed E-state index contributed by atoms with van der Waals surface area (Å²) in [7, 11) is 0. The van der Waals surface area contributed by atoms with Gasteiger partial charge in [0.05, 0.1) is 0 Å². The number of rotatable bonds is 9. The van der Waals surface area contributed by atoms with E-state index >= 15 is 0 Å². The topological polar surface area (TPSA) is 0 Å². The zero-order chi connectivity index (χ0) is 21.1. The highest BCUT2D eigenvalue weighted by molar-refractivity contribution is 5.28. The molecule has 0 fully saturated rings. The molecule has 0 saturated carbocycles. The number of benzene rings is 1. The Balaban J connectivity index is 0. The molecular formula is C27H46.